The minimum Gasteiger partial charge on any atom is -0.460 e. The van der Waals surface area contributed by atoms with Gasteiger partial charge in [0, 0.05) is 24.9 Å². The van der Waals surface area contributed by atoms with E-state index in [0.29, 0.717) is 11.3 Å². The zero-order chi connectivity index (χ0) is 21.0. The van der Waals surface area contributed by atoms with Crippen molar-refractivity contribution in [3.8, 4) is 0 Å². The van der Waals surface area contributed by atoms with Crippen molar-refractivity contribution in [2.75, 3.05) is 20.3 Å². The minimum absolute atomic E-state index is 0.0369. The van der Waals surface area contributed by atoms with Gasteiger partial charge >= 0.3 is 12.0 Å². The first-order valence-electron chi connectivity index (χ1n) is 8.59. The highest BCUT2D eigenvalue weighted by Crippen LogP contribution is 2.35. The third-order valence-corrected chi connectivity index (χ3v) is 4.60. The number of halogens is 1. The Hall–Kier alpha value is -2.65. The second-order valence-corrected chi connectivity index (χ2v) is 6.85. The van der Waals surface area contributed by atoms with E-state index in [1.54, 1.807) is 6.92 Å². The van der Waals surface area contributed by atoms with Crippen LogP contribution in [0, 0.1) is 10.1 Å². The molecule has 1 N–H and O–H groups in total. The number of hydrogen-bond acceptors (Lipinski definition) is 6. The Kier molecular flexibility index (Phi) is 6.98. The lowest BCUT2D eigenvalue weighted by atomic mass is 9.94. The molecule has 1 aromatic carbocycles. The Labute approximate surface area is 167 Å². The van der Waals surface area contributed by atoms with Crippen LogP contribution in [-0.4, -0.2) is 48.2 Å². The molecule has 1 aliphatic rings. The van der Waals surface area contributed by atoms with Crippen molar-refractivity contribution >= 4 is 29.3 Å². The summed E-state index contributed by atoms with van der Waals surface area (Å²) in [7, 11) is 1.48. The smallest absolute Gasteiger partial charge is 0.338 e. The number of allylic oxidation sites excluding steroid dienone is 1. The van der Waals surface area contributed by atoms with Gasteiger partial charge in [-0.05, 0) is 32.4 Å². The molecular formula is C18H22ClN3O6. The molecule has 1 aliphatic heterocycles. The van der Waals surface area contributed by atoms with Crippen molar-refractivity contribution in [2.24, 2.45) is 0 Å². The highest BCUT2D eigenvalue weighted by Gasteiger charge is 2.38. The fourth-order valence-corrected chi connectivity index (χ4v) is 3.22. The zero-order valence-corrected chi connectivity index (χ0v) is 16.8. The number of ether oxygens (including phenoxy) is 2. The van der Waals surface area contributed by atoms with Gasteiger partial charge < -0.3 is 14.8 Å². The van der Waals surface area contributed by atoms with Gasteiger partial charge in [0.05, 0.1) is 23.1 Å². The zero-order valence-electron chi connectivity index (χ0n) is 16.0. The molecule has 0 bridgehead atoms. The Morgan fingerprint density at radius 3 is 2.64 bits per heavy atom. The summed E-state index contributed by atoms with van der Waals surface area (Å²) in [6, 6.07) is 2.60. The van der Waals surface area contributed by atoms with E-state index >= 15 is 0 Å². The predicted molar refractivity (Wildman–Crippen MR) is 102 cm³/mol. The van der Waals surface area contributed by atoms with Crippen LogP contribution >= 0.6 is 11.6 Å². The first-order chi connectivity index (χ1) is 13.2. The van der Waals surface area contributed by atoms with Crippen LogP contribution in [0.3, 0.4) is 0 Å². The first-order valence-corrected chi connectivity index (χ1v) is 8.97. The molecule has 152 valence electrons. The molecule has 0 radical (unpaired) electrons. The Morgan fingerprint density at radius 1 is 1.39 bits per heavy atom. The standard InChI is InChI=1S/C18H22ClN3O6/c1-10(2)21-11(3)15(17(23)28-8-7-27-4)16(20-18(21)24)12-5-6-13(19)14(9-12)22(25)26/h5-6,9-10,16H,7-8H2,1-4H3,(H,20,24)/t16-/m1/s1. The van der Waals surface area contributed by atoms with Crippen molar-refractivity contribution in [1.82, 2.24) is 10.2 Å². The largest absolute Gasteiger partial charge is 0.460 e. The summed E-state index contributed by atoms with van der Waals surface area (Å²) in [5.74, 6) is -0.636. The maximum Gasteiger partial charge on any atom is 0.338 e. The lowest BCUT2D eigenvalue weighted by molar-refractivity contribution is -0.384. The summed E-state index contributed by atoms with van der Waals surface area (Å²) in [6.07, 6.45) is 0. The van der Waals surface area contributed by atoms with Crippen LogP contribution in [0.5, 0.6) is 0 Å². The highest BCUT2D eigenvalue weighted by atomic mass is 35.5. The average molecular weight is 412 g/mol. The second kappa shape index (κ2) is 9.03. The quantitative estimate of drug-likeness (QED) is 0.319. The molecule has 0 aromatic heterocycles. The molecule has 0 saturated heterocycles. The molecule has 0 spiro atoms. The topological polar surface area (TPSA) is 111 Å². The van der Waals surface area contributed by atoms with Gasteiger partial charge in [0.2, 0.25) is 0 Å². The number of methoxy groups -OCH3 is 1. The Bertz CT molecular complexity index is 824. The van der Waals surface area contributed by atoms with Crippen LogP contribution in [0.15, 0.2) is 29.5 Å². The first kappa shape index (κ1) is 21.6. The number of rotatable bonds is 7. The predicted octanol–water partition coefficient (Wildman–Crippen LogP) is 3.19. The lowest BCUT2D eigenvalue weighted by Crippen LogP contribution is -2.50. The number of carbonyl (C=O) groups is 2. The van der Waals surface area contributed by atoms with Crippen LogP contribution in [0.2, 0.25) is 5.02 Å². The molecule has 10 heteroatoms. The maximum absolute atomic E-state index is 12.8. The SMILES string of the molecule is COCCOC(=O)C1=C(C)N(C(C)C)C(=O)N[C@@H]1c1ccc(Cl)c([N+](=O)[O-])c1. The number of nitro benzene ring substituents is 1. The van der Waals surface area contributed by atoms with E-state index in [4.69, 9.17) is 21.1 Å². The van der Waals surface area contributed by atoms with Crippen LogP contribution in [0.1, 0.15) is 32.4 Å². The molecule has 2 rings (SSSR count). The summed E-state index contributed by atoms with van der Waals surface area (Å²) >= 11 is 5.88. The normalized spacial score (nSPS) is 17.0. The average Bonchev–Trinajstić information content (AvgIpc) is 2.61. The van der Waals surface area contributed by atoms with Crippen molar-refractivity contribution in [3.05, 3.63) is 50.2 Å². The number of nitrogens with zero attached hydrogens (tertiary/aromatic N) is 2. The molecule has 0 unspecified atom stereocenters. The number of carbonyl (C=O) groups excluding carboxylic acids is 2. The van der Waals surface area contributed by atoms with Crippen LogP contribution in [-0.2, 0) is 14.3 Å². The van der Waals surface area contributed by atoms with Gasteiger partial charge in [0.1, 0.15) is 11.6 Å². The van der Waals surface area contributed by atoms with Crippen molar-refractivity contribution in [2.45, 2.75) is 32.9 Å². The number of esters is 1. The van der Waals surface area contributed by atoms with Gasteiger partial charge in [-0.2, -0.15) is 0 Å². The van der Waals surface area contributed by atoms with Crippen molar-refractivity contribution in [3.63, 3.8) is 0 Å². The fourth-order valence-electron chi connectivity index (χ4n) is 3.04. The van der Waals surface area contributed by atoms with Crippen LogP contribution < -0.4 is 5.32 Å². The second-order valence-electron chi connectivity index (χ2n) is 6.44. The Morgan fingerprint density at radius 2 is 2.07 bits per heavy atom. The van der Waals surface area contributed by atoms with E-state index in [9.17, 15) is 19.7 Å². The van der Waals surface area contributed by atoms with Gasteiger partial charge in [-0.25, -0.2) is 9.59 Å². The summed E-state index contributed by atoms with van der Waals surface area (Å²) < 4.78 is 10.1. The number of amides is 2. The Balaban J connectivity index is 2.54. The molecule has 0 saturated carbocycles. The monoisotopic (exact) mass is 411 g/mol. The molecule has 1 aromatic rings. The molecular weight excluding hydrogens is 390 g/mol. The fraction of sp³-hybridized carbons (Fsp3) is 0.444. The van der Waals surface area contributed by atoms with Gasteiger partial charge in [0.25, 0.3) is 5.69 Å². The minimum atomic E-state index is -0.909. The van der Waals surface area contributed by atoms with E-state index < -0.39 is 23.0 Å². The summed E-state index contributed by atoms with van der Waals surface area (Å²) in [4.78, 5) is 37.4. The van der Waals surface area contributed by atoms with E-state index in [2.05, 4.69) is 5.32 Å². The van der Waals surface area contributed by atoms with Gasteiger partial charge in [-0.15, -0.1) is 0 Å². The number of benzene rings is 1. The van der Waals surface area contributed by atoms with Crippen LogP contribution in [0.25, 0.3) is 0 Å². The van der Waals surface area contributed by atoms with E-state index in [0.717, 1.165) is 0 Å². The van der Waals surface area contributed by atoms with Gasteiger partial charge in [-0.1, -0.05) is 17.7 Å². The third kappa shape index (κ3) is 4.42. The molecule has 0 fully saturated rings. The summed E-state index contributed by atoms with van der Waals surface area (Å²) in [6.45, 7) is 5.52. The van der Waals surface area contributed by atoms with E-state index in [1.807, 2.05) is 13.8 Å². The summed E-state index contributed by atoms with van der Waals surface area (Å²) in [5.41, 5.74) is 0.653. The molecule has 9 nitrogen and oxygen atoms in total. The molecule has 0 aliphatic carbocycles. The molecule has 28 heavy (non-hydrogen) atoms. The van der Waals surface area contributed by atoms with Gasteiger partial charge in [0.15, 0.2) is 0 Å². The highest BCUT2D eigenvalue weighted by molar-refractivity contribution is 6.32. The molecule has 2 amide bonds. The summed E-state index contributed by atoms with van der Waals surface area (Å²) in [5, 5.41) is 13.9. The van der Waals surface area contributed by atoms with Crippen molar-refractivity contribution < 1.29 is 24.0 Å². The van der Waals surface area contributed by atoms with E-state index in [-0.39, 0.29) is 35.5 Å². The van der Waals surface area contributed by atoms with Gasteiger partial charge in [-0.3, -0.25) is 15.0 Å². The third-order valence-electron chi connectivity index (χ3n) is 4.28. The van der Waals surface area contributed by atoms with Crippen molar-refractivity contribution in [1.29, 1.82) is 0 Å². The molecule has 1 atom stereocenters. The van der Waals surface area contributed by atoms with E-state index in [1.165, 1.54) is 30.2 Å². The number of nitro groups is 1. The molecule has 1 heterocycles. The van der Waals surface area contributed by atoms with Crippen LogP contribution in [0.4, 0.5) is 10.5 Å². The number of urea groups is 1. The number of nitrogens with one attached hydrogen (secondary N) is 1. The lowest BCUT2D eigenvalue weighted by Gasteiger charge is -2.37. The maximum atomic E-state index is 12.8. The number of hydrogen-bond donors (Lipinski definition) is 1.